The lowest BCUT2D eigenvalue weighted by molar-refractivity contribution is -0.117. The molecule has 8 nitrogen and oxygen atoms in total. The molecule has 0 bridgehead atoms. The molecular formula is C9H12N6O2. The predicted octanol–water partition coefficient (Wildman–Crippen LogP) is -0.955. The Labute approximate surface area is 96.8 Å². The van der Waals surface area contributed by atoms with Crippen LogP contribution in [0.2, 0.25) is 0 Å². The number of imidazole rings is 1. The molecule has 0 spiro atoms. The van der Waals surface area contributed by atoms with Crippen molar-refractivity contribution in [1.29, 1.82) is 0 Å². The molecule has 0 aromatic carbocycles. The highest BCUT2D eigenvalue weighted by Gasteiger charge is 2.11. The van der Waals surface area contributed by atoms with Gasteiger partial charge in [-0.2, -0.15) is 4.98 Å². The third-order valence-corrected chi connectivity index (χ3v) is 2.09. The van der Waals surface area contributed by atoms with Gasteiger partial charge in [-0.05, 0) is 0 Å². The van der Waals surface area contributed by atoms with Gasteiger partial charge in [0.05, 0.1) is 25.6 Å². The summed E-state index contributed by atoms with van der Waals surface area (Å²) in [6.45, 7) is 0.372. The van der Waals surface area contributed by atoms with Crippen molar-refractivity contribution in [2.75, 3.05) is 6.54 Å². The molecule has 3 N–H and O–H groups in total. The molecule has 0 saturated carbocycles. The zero-order valence-corrected chi connectivity index (χ0v) is 9.25. The molecule has 0 atom stereocenters. The predicted molar refractivity (Wildman–Crippen MR) is 57.4 cm³/mol. The highest BCUT2D eigenvalue weighted by Crippen LogP contribution is 2.13. The minimum Gasteiger partial charge on any atom is -0.369 e. The van der Waals surface area contributed by atoms with E-state index in [1.54, 1.807) is 17.1 Å². The van der Waals surface area contributed by atoms with Crippen LogP contribution in [0.5, 0.6) is 0 Å². The van der Waals surface area contributed by atoms with Crippen molar-refractivity contribution in [3.8, 4) is 11.5 Å². The van der Waals surface area contributed by atoms with Gasteiger partial charge in [0, 0.05) is 7.05 Å². The second-order valence-corrected chi connectivity index (χ2v) is 3.47. The molecule has 2 rings (SSSR count). The summed E-state index contributed by atoms with van der Waals surface area (Å²) < 4.78 is 6.79. The number of amides is 1. The monoisotopic (exact) mass is 236 g/mol. The van der Waals surface area contributed by atoms with Crippen LogP contribution in [0.25, 0.3) is 11.5 Å². The number of hydrogen-bond donors (Lipinski definition) is 2. The fraction of sp³-hybridized carbons (Fsp3) is 0.333. The SMILES string of the molecule is Cn1cncc1-c1noc(CNCC(N)=O)n1. The molecule has 90 valence electrons. The van der Waals surface area contributed by atoms with Gasteiger partial charge < -0.3 is 14.8 Å². The molecule has 0 fully saturated rings. The summed E-state index contributed by atoms with van der Waals surface area (Å²) in [6.07, 6.45) is 3.29. The van der Waals surface area contributed by atoms with Crippen LogP contribution < -0.4 is 11.1 Å². The van der Waals surface area contributed by atoms with Crippen LogP contribution in [0.15, 0.2) is 17.0 Å². The first-order valence-electron chi connectivity index (χ1n) is 4.95. The van der Waals surface area contributed by atoms with E-state index >= 15 is 0 Å². The molecule has 1 amide bonds. The molecule has 0 aliphatic rings. The van der Waals surface area contributed by atoms with E-state index in [4.69, 9.17) is 10.3 Å². The quantitative estimate of drug-likeness (QED) is 0.691. The zero-order valence-electron chi connectivity index (χ0n) is 9.25. The molecule has 8 heteroatoms. The molecular weight excluding hydrogens is 224 g/mol. The van der Waals surface area contributed by atoms with Gasteiger partial charge in [-0.15, -0.1) is 0 Å². The van der Waals surface area contributed by atoms with Gasteiger partial charge in [-0.25, -0.2) is 4.98 Å². The number of carbonyl (C=O) groups is 1. The van der Waals surface area contributed by atoms with E-state index in [0.29, 0.717) is 18.3 Å². The Balaban J connectivity index is 2.01. The maximum absolute atomic E-state index is 10.5. The Morgan fingerprint density at radius 1 is 1.65 bits per heavy atom. The first kappa shape index (κ1) is 11.3. The van der Waals surface area contributed by atoms with E-state index in [2.05, 4.69) is 20.4 Å². The summed E-state index contributed by atoms with van der Waals surface area (Å²) in [5, 5.41) is 6.60. The van der Waals surface area contributed by atoms with E-state index in [1.807, 2.05) is 7.05 Å². The number of rotatable bonds is 5. The van der Waals surface area contributed by atoms with Crippen LogP contribution in [0.3, 0.4) is 0 Å². The number of aromatic nitrogens is 4. The van der Waals surface area contributed by atoms with Crippen LogP contribution in [0.1, 0.15) is 5.89 Å². The van der Waals surface area contributed by atoms with Gasteiger partial charge in [0.2, 0.25) is 17.6 Å². The van der Waals surface area contributed by atoms with E-state index in [1.165, 1.54) is 0 Å². The summed E-state index contributed by atoms with van der Waals surface area (Å²) in [4.78, 5) is 18.6. The third kappa shape index (κ3) is 2.67. The maximum atomic E-state index is 10.5. The van der Waals surface area contributed by atoms with Crippen LogP contribution in [-0.4, -0.2) is 32.1 Å². The van der Waals surface area contributed by atoms with Gasteiger partial charge in [0.25, 0.3) is 0 Å². The molecule has 0 unspecified atom stereocenters. The van der Waals surface area contributed by atoms with Gasteiger partial charge in [0.15, 0.2) is 0 Å². The van der Waals surface area contributed by atoms with E-state index in [9.17, 15) is 4.79 Å². The van der Waals surface area contributed by atoms with Crippen molar-refractivity contribution in [3.63, 3.8) is 0 Å². The number of aryl methyl sites for hydroxylation is 1. The lowest BCUT2D eigenvalue weighted by atomic mass is 10.4. The molecule has 0 radical (unpaired) electrons. The second-order valence-electron chi connectivity index (χ2n) is 3.47. The lowest BCUT2D eigenvalue weighted by Crippen LogP contribution is -2.28. The van der Waals surface area contributed by atoms with Crippen molar-refractivity contribution in [2.45, 2.75) is 6.54 Å². The first-order valence-corrected chi connectivity index (χ1v) is 4.95. The molecule has 2 aromatic heterocycles. The Morgan fingerprint density at radius 3 is 3.12 bits per heavy atom. The minimum atomic E-state index is -0.434. The number of nitrogens with two attached hydrogens (primary N) is 1. The minimum absolute atomic E-state index is 0.0728. The molecule has 0 aliphatic heterocycles. The van der Waals surface area contributed by atoms with Crippen LogP contribution >= 0.6 is 0 Å². The number of carbonyl (C=O) groups excluding carboxylic acids is 1. The summed E-state index contributed by atoms with van der Waals surface area (Å²) in [7, 11) is 1.84. The average Bonchev–Trinajstić information content (AvgIpc) is 2.86. The van der Waals surface area contributed by atoms with Gasteiger partial charge >= 0.3 is 0 Å². The number of hydrogen-bond acceptors (Lipinski definition) is 6. The maximum Gasteiger partial charge on any atom is 0.240 e. The van der Waals surface area contributed by atoms with Gasteiger partial charge in [-0.3, -0.25) is 10.1 Å². The van der Waals surface area contributed by atoms with Crippen LogP contribution in [0.4, 0.5) is 0 Å². The largest absolute Gasteiger partial charge is 0.369 e. The van der Waals surface area contributed by atoms with Crippen LogP contribution in [-0.2, 0) is 18.4 Å². The highest BCUT2D eigenvalue weighted by molar-refractivity contribution is 5.75. The smallest absolute Gasteiger partial charge is 0.240 e. The molecule has 17 heavy (non-hydrogen) atoms. The van der Waals surface area contributed by atoms with Crippen LogP contribution in [0, 0.1) is 0 Å². The van der Waals surface area contributed by atoms with E-state index in [-0.39, 0.29) is 6.54 Å². The highest BCUT2D eigenvalue weighted by atomic mass is 16.5. The van der Waals surface area contributed by atoms with Crippen molar-refractivity contribution < 1.29 is 9.32 Å². The molecule has 2 aromatic rings. The Morgan fingerprint density at radius 2 is 2.47 bits per heavy atom. The van der Waals surface area contributed by atoms with Gasteiger partial charge in [-0.1, -0.05) is 5.16 Å². The topological polar surface area (TPSA) is 112 Å². The standard InChI is InChI=1S/C9H12N6O2/c1-15-5-12-2-6(15)9-13-8(17-14-9)4-11-3-7(10)16/h2,5,11H,3-4H2,1H3,(H2,10,16). The Hall–Kier alpha value is -2.22. The molecule has 0 aliphatic carbocycles. The van der Waals surface area contributed by atoms with Crippen molar-refractivity contribution in [1.82, 2.24) is 25.0 Å². The lowest BCUT2D eigenvalue weighted by Gasteiger charge is -1.95. The first-order chi connectivity index (χ1) is 8.16. The number of primary amides is 1. The number of nitrogens with zero attached hydrogens (tertiary/aromatic N) is 4. The second kappa shape index (κ2) is 4.74. The van der Waals surface area contributed by atoms with E-state index < -0.39 is 5.91 Å². The van der Waals surface area contributed by atoms with Crippen molar-refractivity contribution >= 4 is 5.91 Å². The fourth-order valence-corrected chi connectivity index (χ4v) is 1.30. The van der Waals surface area contributed by atoms with E-state index in [0.717, 1.165) is 5.69 Å². The van der Waals surface area contributed by atoms with Crippen molar-refractivity contribution in [3.05, 3.63) is 18.4 Å². The Bertz CT molecular complexity index is 517. The summed E-state index contributed by atoms with van der Waals surface area (Å²) >= 11 is 0. The third-order valence-electron chi connectivity index (χ3n) is 2.09. The Kier molecular flexibility index (Phi) is 3.15. The molecule has 0 saturated heterocycles. The van der Waals surface area contributed by atoms with Crippen molar-refractivity contribution in [2.24, 2.45) is 12.8 Å². The number of nitrogens with one attached hydrogen (secondary N) is 1. The summed E-state index contributed by atoms with van der Waals surface area (Å²) in [5.74, 6) is 0.416. The fourth-order valence-electron chi connectivity index (χ4n) is 1.30. The summed E-state index contributed by atoms with van der Waals surface area (Å²) in [6, 6.07) is 0. The van der Waals surface area contributed by atoms with Gasteiger partial charge in [0.1, 0.15) is 5.69 Å². The normalized spacial score (nSPS) is 10.6. The zero-order chi connectivity index (χ0) is 12.3. The summed E-state index contributed by atoms with van der Waals surface area (Å²) in [5.41, 5.74) is 5.74. The molecule has 2 heterocycles. The average molecular weight is 236 g/mol.